The van der Waals surface area contributed by atoms with Gasteiger partial charge in [0.1, 0.15) is 0 Å². The Bertz CT molecular complexity index is 394. The number of nitrogens with zero attached hydrogens (tertiary/aromatic N) is 2. The summed E-state index contributed by atoms with van der Waals surface area (Å²) in [6, 6.07) is 2.43. The molecule has 0 atom stereocenters. The molecule has 0 radical (unpaired) electrons. The van der Waals surface area contributed by atoms with Crippen LogP contribution in [0.15, 0.2) is 23.3 Å². The van der Waals surface area contributed by atoms with Crippen molar-refractivity contribution in [2.24, 2.45) is 5.92 Å². The zero-order chi connectivity index (χ0) is 12.1. The van der Waals surface area contributed by atoms with Crippen LogP contribution in [0.3, 0.4) is 0 Å². The van der Waals surface area contributed by atoms with Crippen LogP contribution in [0.2, 0.25) is 0 Å². The molecule has 4 nitrogen and oxygen atoms in total. The van der Waals surface area contributed by atoms with Crippen LogP contribution < -0.4 is 11.0 Å². The second-order valence-corrected chi connectivity index (χ2v) is 5.01. The van der Waals surface area contributed by atoms with Gasteiger partial charge in [0.2, 0.25) is 0 Å². The van der Waals surface area contributed by atoms with Crippen molar-refractivity contribution in [2.75, 3.05) is 6.54 Å². The van der Waals surface area contributed by atoms with Crippen molar-refractivity contribution >= 4 is 0 Å². The third-order valence-electron chi connectivity index (χ3n) is 3.58. The van der Waals surface area contributed by atoms with Crippen molar-refractivity contribution in [2.45, 2.75) is 45.2 Å². The van der Waals surface area contributed by atoms with Crippen molar-refractivity contribution in [3.63, 3.8) is 0 Å². The lowest BCUT2D eigenvalue weighted by Crippen LogP contribution is -2.36. The van der Waals surface area contributed by atoms with E-state index in [0.717, 1.165) is 12.5 Å². The molecule has 1 aromatic rings. The quantitative estimate of drug-likeness (QED) is 0.858. The van der Waals surface area contributed by atoms with Crippen LogP contribution in [-0.4, -0.2) is 22.1 Å². The first kappa shape index (κ1) is 12.3. The Morgan fingerprint density at radius 3 is 2.88 bits per heavy atom. The molecule has 1 heterocycles. The van der Waals surface area contributed by atoms with Gasteiger partial charge in [-0.25, -0.2) is 9.78 Å². The second-order valence-electron chi connectivity index (χ2n) is 5.01. The van der Waals surface area contributed by atoms with Crippen LogP contribution in [0.25, 0.3) is 0 Å². The van der Waals surface area contributed by atoms with Crippen molar-refractivity contribution < 1.29 is 0 Å². The molecular weight excluding hydrogens is 214 g/mol. The van der Waals surface area contributed by atoms with E-state index in [1.807, 2.05) is 0 Å². The fourth-order valence-corrected chi connectivity index (χ4v) is 2.41. The highest BCUT2D eigenvalue weighted by Crippen LogP contribution is 2.23. The number of hydrogen-bond acceptors (Lipinski definition) is 3. The van der Waals surface area contributed by atoms with Gasteiger partial charge in [-0.1, -0.05) is 6.92 Å². The molecule has 2 rings (SSSR count). The highest BCUT2D eigenvalue weighted by molar-refractivity contribution is 4.81. The molecule has 0 amide bonds. The summed E-state index contributed by atoms with van der Waals surface area (Å²) < 4.78 is 1.65. The van der Waals surface area contributed by atoms with E-state index in [4.69, 9.17) is 0 Å². The molecule has 1 fully saturated rings. The second kappa shape index (κ2) is 5.96. The minimum Gasteiger partial charge on any atom is -0.312 e. The van der Waals surface area contributed by atoms with E-state index >= 15 is 0 Å². The van der Waals surface area contributed by atoms with Gasteiger partial charge in [0.05, 0.1) is 0 Å². The van der Waals surface area contributed by atoms with Gasteiger partial charge in [-0.05, 0) is 37.7 Å². The topological polar surface area (TPSA) is 46.9 Å². The van der Waals surface area contributed by atoms with Gasteiger partial charge in [-0.3, -0.25) is 4.57 Å². The molecule has 0 unspecified atom stereocenters. The van der Waals surface area contributed by atoms with Crippen LogP contribution in [-0.2, 0) is 6.54 Å². The predicted molar refractivity (Wildman–Crippen MR) is 67.9 cm³/mol. The Kier molecular flexibility index (Phi) is 4.31. The highest BCUT2D eigenvalue weighted by Gasteiger charge is 2.17. The van der Waals surface area contributed by atoms with Crippen LogP contribution in [0, 0.1) is 5.92 Å². The van der Waals surface area contributed by atoms with E-state index < -0.39 is 0 Å². The fraction of sp³-hybridized carbons (Fsp3) is 0.692. The zero-order valence-corrected chi connectivity index (χ0v) is 10.4. The first-order valence-corrected chi connectivity index (χ1v) is 6.50. The first-order valence-electron chi connectivity index (χ1n) is 6.50. The zero-order valence-electron chi connectivity index (χ0n) is 10.4. The molecule has 0 aromatic carbocycles. The SMILES string of the molecule is CC1CCC(NCCn2cccnc2=O)CC1. The van der Waals surface area contributed by atoms with Crippen molar-refractivity contribution in [1.29, 1.82) is 0 Å². The molecule has 0 bridgehead atoms. The lowest BCUT2D eigenvalue weighted by molar-refractivity contribution is 0.305. The molecule has 0 saturated heterocycles. The molecule has 1 N–H and O–H groups in total. The molecule has 1 saturated carbocycles. The molecule has 0 spiro atoms. The standard InChI is InChI=1S/C13H21N3O/c1-11-3-5-12(6-4-11)14-8-10-16-9-2-7-15-13(16)17/h2,7,9,11-12,14H,3-6,8,10H2,1H3. The van der Waals surface area contributed by atoms with Crippen LogP contribution in [0.5, 0.6) is 0 Å². The molecular formula is C13H21N3O. The number of aromatic nitrogens is 2. The van der Waals surface area contributed by atoms with Crippen LogP contribution >= 0.6 is 0 Å². The fourth-order valence-electron chi connectivity index (χ4n) is 2.41. The minimum absolute atomic E-state index is 0.161. The van der Waals surface area contributed by atoms with Gasteiger partial charge in [-0.2, -0.15) is 0 Å². The summed E-state index contributed by atoms with van der Waals surface area (Å²) in [5, 5.41) is 3.53. The summed E-state index contributed by atoms with van der Waals surface area (Å²) in [6.45, 7) is 3.88. The third-order valence-corrected chi connectivity index (χ3v) is 3.58. The highest BCUT2D eigenvalue weighted by atomic mass is 16.1. The smallest absolute Gasteiger partial charge is 0.312 e. The van der Waals surface area contributed by atoms with E-state index in [1.54, 1.807) is 16.8 Å². The lowest BCUT2D eigenvalue weighted by atomic mass is 9.87. The largest absolute Gasteiger partial charge is 0.347 e. The van der Waals surface area contributed by atoms with E-state index in [-0.39, 0.29) is 5.69 Å². The number of hydrogen-bond donors (Lipinski definition) is 1. The van der Waals surface area contributed by atoms with E-state index in [9.17, 15) is 4.79 Å². The summed E-state index contributed by atoms with van der Waals surface area (Å²) in [6.07, 6.45) is 8.51. The van der Waals surface area contributed by atoms with Crippen molar-refractivity contribution in [1.82, 2.24) is 14.9 Å². The maximum atomic E-state index is 11.4. The minimum atomic E-state index is -0.161. The van der Waals surface area contributed by atoms with E-state index in [0.29, 0.717) is 12.6 Å². The predicted octanol–water partition coefficient (Wildman–Crippen LogP) is 1.41. The molecule has 0 aliphatic heterocycles. The maximum Gasteiger partial charge on any atom is 0.347 e. The summed E-state index contributed by atoms with van der Waals surface area (Å²) in [4.78, 5) is 15.1. The number of rotatable bonds is 4. The van der Waals surface area contributed by atoms with Gasteiger partial charge in [0, 0.05) is 31.5 Å². The molecule has 94 valence electrons. The van der Waals surface area contributed by atoms with Gasteiger partial charge in [0.15, 0.2) is 0 Å². The maximum absolute atomic E-state index is 11.4. The number of nitrogens with one attached hydrogen (secondary N) is 1. The summed E-state index contributed by atoms with van der Waals surface area (Å²) in [5.41, 5.74) is -0.161. The molecule has 1 aliphatic carbocycles. The van der Waals surface area contributed by atoms with Crippen molar-refractivity contribution in [3.05, 3.63) is 28.9 Å². The van der Waals surface area contributed by atoms with Gasteiger partial charge in [0.25, 0.3) is 0 Å². The van der Waals surface area contributed by atoms with Gasteiger partial charge >= 0.3 is 5.69 Å². The average Bonchev–Trinajstić information content (AvgIpc) is 2.34. The lowest BCUT2D eigenvalue weighted by Gasteiger charge is -2.27. The van der Waals surface area contributed by atoms with E-state index in [1.165, 1.54) is 31.9 Å². The third kappa shape index (κ3) is 3.66. The Morgan fingerprint density at radius 1 is 1.41 bits per heavy atom. The van der Waals surface area contributed by atoms with Crippen LogP contribution in [0.1, 0.15) is 32.6 Å². The van der Waals surface area contributed by atoms with E-state index in [2.05, 4.69) is 17.2 Å². The molecule has 4 heteroatoms. The Balaban J connectivity index is 1.73. The normalized spacial score (nSPS) is 24.8. The Labute approximate surface area is 102 Å². The average molecular weight is 235 g/mol. The first-order chi connectivity index (χ1) is 8.25. The summed E-state index contributed by atoms with van der Waals surface area (Å²) in [7, 11) is 0. The summed E-state index contributed by atoms with van der Waals surface area (Å²) in [5.74, 6) is 0.883. The van der Waals surface area contributed by atoms with Gasteiger partial charge < -0.3 is 5.32 Å². The Hall–Kier alpha value is -1.16. The molecule has 1 aliphatic rings. The molecule has 1 aromatic heterocycles. The Morgan fingerprint density at radius 2 is 2.18 bits per heavy atom. The molecule has 17 heavy (non-hydrogen) atoms. The summed E-state index contributed by atoms with van der Waals surface area (Å²) >= 11 is 0. The monoisotopic (exact) mass is 235 g/mol. The van der Waals surface area contributed by atoms with Crippen molar-refractivity contribution in [3.8, 4) is 0 Å². The van der Waals surface area contributed by atoms with Crippen LogP contribution in [0.4, 0.5) is 0 Å². The van der Waals surface area contributed by atoms with Gasteiger partial charge in [-0.15, -0.1) is 0 Å².